The fourth-order valence-electron chi connectivity index (χ4n) is 3.97. The molecule has 2 aliphatic heterocycles. The first-order chi connectivity index (χ1) is 10.7. The predicted molar refractivity (Wildman–Crippen MR) is 84.5 cm³/mol. The second-order valence-electron chi connectivity index (χ2n) is 7.12. The van der Waals surface area contributed by atoms with Crippen molar-refractivity contribution in [3.63, 3.8) is 0 Å². The zero-order valence-electron chi connectivity index (χ0n) is 13.5. The summed E-state index contributed by atoms with van der Waals surface area (Å²) in [6.07, 6.45) is 8.83. The lowest BCUT2D eigenvalue weighted by molar-refractivity contribution is -0.139. The van der Waals surface area contributed by atoms with Crippen molar-refractivity contribution in [2.45, 2.75) is 69.6 Å². The molecule has 3 aliphatic rings. The monoisotopic (exact) mass is 310 g/mol. The molecule has 0 aromatic heterocycles. The number of amides is 1. The number of carbonyl (C=O) groups excluding carboxylic acids is 1. The smallest absolute Gasteiger partial charge is 0.225 e. The maximum atomic E-state index is 12.6. The van der Waals surface area contributed by atoms with E-state index in [2.05, 4.69) is 0 Å². The molecule has 0 aromatic carbocycles. The summed E-state index contributed by atoms with van der Waals surface area (Å²) >= 11 is 0. The molecule has 1 amide bonds. The fraction of sp³-hybridized carbons (Fsp3) is 0.941. The van der Waals surface area contributed by atoms with Gasteiger partial charge in [0.1, 0.15) is 0 Å². The van der Waals surface area contributed by atoms with E-state index in [4.69, 9.17) is 15.2 Å². The average molecular weight is 310 g/mol. The summed E-state index contributed by atoms with van der Waals surface area (Å²) in [5, 5.41) is 0. The first-order valence-electron chi connectivity index (χ1n) is 9.00. The normalized spacial score (nSPS) is 34.0. The van der Waals surface area contributed by atoms with E-state index in [1.165, 1.54) is 0 Å². The Morgan fingerprint density at radius 2 is 1.95 bits per heavy atom. The van der Waals surface area contributed by atoms with E-state index in [-0.39, 0.29) is 12.0 Å². The lowest BCUT2D eigenvalue weighted by Crippen LogP contribution is -2.45. The Hall–Kier alpha value is -0.650. The highest BCUT2D eigenvalue weighted by atomic mass is 16.5. The van der Waals surface area contributed by atoms with Gasteiger partial charge in [-0.3, -0.25) is 4.79 Å². The van der Waals surface area contributed by atoms with Crippen LogP contribution in [0.25, 0.3) is 0 Å². The highest BCUT2D eigenvalue weighted by Crippen LogP contribution is 2.26. The number of rotatable bonds is 4. The average Bonchev–Trinajstić information content (AvgIpc) is 3.06. The molecule has 2 saturated heterocycles. The number of hydrogen-bond acceptors (Lipinski definition) is 4. The molecule has 2 N–H and O–H groups in total. The minimum absolute atomic E-state index is 0.160. The van der Waals surface area contributed by atoms with E-state index < -0.39 is 0 Å². The van der Waals surface area contributed by atoms with Gasteiger partial charge < -0.3 is 20.1 Å². The van der Waals surface area contributed by atoms with Gasteiger partial charge in [0.05, 0.1) is 18.8 Å². The van der Waals surface area contributed by atoms with E-state index in [0.717, 1.165) is 77.7 Å². The molecule has 126 valence electrons. The highest BCUT2D eigenvalue weighted by molar-refractivity contribution is 5.79. The fourth-order valence-corrected chi connectivity index (χ4v) is 3.97. The van der Waals surface area contributed by atoms with Crippen LogP contribution in [0, 0.1) is 5.92 Å². The summed E-state index contributed by atoms with van der Waals surface area (Å²) in [7, 11) is 0. The zero-order valence-corrected chi connectivity index (χ0v) is 13.5. The molecular formula is C17H30N2O3. The van der Waals surface area contributed by atoms with E-state index in [9.17, 15) is 4.79 Å². The van der Waals surface area contributed by atoms with Gasteiger partial charge >= 0.3 is 0 Å². The number of carbonyl (C=O) groups is 1. The van der Waals surface area contributed by atoms with Gasteiger partial charge in [-0.15, -0.1) is 0 Å². The SMILES string of the molecule is N[C@@H]1CCC[C@@H](C(=O)N2CCC(OC[C@@H]3CCCO3)CC2)C1. The minimum atomic E-state index is 0.160. The van der Waals surface area contributed by atoms with Gasteiger partial charge in [-0.1, -0.05) is 6.42 Å². The molecule has 0 aromatic rings. The Morgan fingerprint density at radius 3 is 2.64 bits per heavy atom. The molecule has 2 heterocycles. The van der Waals surface area contributed by atoms with Crippen LogP contribution in [0.4, 0.5) is 0 Å². The number of hydrogen-bond donors (Lipinski definition) is 1. The summed E-state index contributed by atoms with van der Waals surface area (Å²) < 4.78 is 11.6. The largest absolute Gasteiger partial charge is 0.376 e. The highest BCUT2D eigenvalue weighted by Gasteiger charge is 2.31. The van der Waals surface area contributed by atoms with Gasteiger partial charge in [0.25, 0.3) is 0 Å². The van der Waals surface area contributed by atoms with Gasteiger partial charge in [0, 0.05) is 31.7 Å². The van der Waals surface area contributed by atoms with Gasteiger partial charge in [-0.05, 0) is 44.9 Å². The summed E-state index contributed by atoms with van der Waals surface area (Å²) in [5.41, 5.74) is 6.01. The molecular weight excluding hydrogens is 280 g/mol. The van der Waals surface area contributed by atoms with Crippen LogP contribution in [-0.2, 0) is 14.3 Å². The third-order valence-corrected chi connectivity index (χ3v) is 5.36. The molecule has 22 heavy (non-hydrogen) atoms. The number of ether oxygens (including phenoxy) is 2. The Labute approximate surface area is 133 Å². The van der Waals surface area contributed by atoms with Gasteiger partial charge in [-0.25, -0.2) is 0 Å². The lowest BCUT2D eigenvalue weighted by Gasteiger charge is -2.36. The maximum Gasteiger partial charge on any atom is 0.225 e. The van der Waals surface area contributed by atoms with Crippen molar-refractivity contribution in [1.82, 2.24) is 4.90 Å². The summed E-state index contributed by atoms with van der Waals surface area (Å²) in [4.78, 5) is 14.6. The molecule has 0 radical (unpaired) electrons. The number of nitrogens with zero attached hydrogens (tertiary/aromatic N) is 1. The van der Waals surface area contributed by atoms with Crippen LogP contribution in [0.1, 0.15) is 51.4 Å². The van der Waals surface area contributed by atoms with Crippen LogP contribution < -0.4 is 5.73 Å². The molecule has 5 nitrogen and oxygen atoms in total. The van der Waals surface area contributed by atoms with Gasteiger partial charge in [0.15, 0.2) is 0 Å². The topological polar surface area (TPSA) is 64.8 Å². The number of piperidine rings is 1. The Kier molecular flexibility index (Phi) is 5.71. The van der Waals surface area contributed by atoms with Crippen LogP contribution in [0.3, 0.4) is 0 Å². The Balaban J connectivity index is 1.38. The van der Waals surface area contributed by atoms with E-state index in [1.54, 1.807) is 0 Å². The second kappa shape index (κ2) is 7.75. The van der Waals surface area contributed by atoms with Gasteiger partial charge in [0.2, 0.25) is 5.91 Å². The summed E-state index contributed by atoms with van der Waals surface area (Å²) in [6, 6.07) is 0.218. The van der Waals surface area contributed by atoms with Crippen LogP contribution >= 0.6 is 0 Å². The third kappa shape index (κ3) is 4.21. The molecule has 5 heteroatoms. The molecule has 3 rings (SSSR count). The lowest BCUT2D eigenvalue weighted by atomic mass is 9.85. The van der Waals surface area contributed by atoms with Crippen LogP contribution in [0.5, 0.6) is 0 Å². The van der Waals surface area contributed by atoms with Crippen molar-refractivity contribution in [1.29, 1.82) is 0 Å². The maximum absolute atomic E-state index is 12.6. The molecule has 3 atom stereocenters. The minimum Gasteiger partial charge on any atom is -0.376 e. The molecule has 1 saturated carbocycles. The number of likely N-dealkylation sites (tertiary alicyclic amines) is 1. The quantitative estimate of drug-likeness (QED) is 0.858. The number of nitrogens with two attached hydrogens (primary N) is 1. The zero-order chi connectivity index (χ0) is 15.4. The van der Waals surface area contributed by atoms with Crippen molar-refractivity contribution in [2.24, 2.45) is 11.7 Å². The molecule has 3 fully saturated rings. The second-order valence-corrected chi connectivity index (χ2v) is 7.12. The van der Waals surface area contributed by atoms with E-state index in [0.29, 0.717) is 18.1 Å². The standard InChI is InChI=1S/C17H30N2O3/c18-14-4-1-3-13(11-14)17(20)19-8-6-15(7-9-19)22-12-16-5-2-10-21-16/h13-16H,1-12,18H2/t13-,14-,16+/m1/s1. The first kappa shape index (κ1) is 16.2. The first-order valence-corrected chi connectivity index (χ1v) is 9.00. The predicted octanol–water partition coefficient (Wildman–Crippen LogP) is 1.69. The van der Waals surface area contributed by atoms with Crippen molar-refractivity contribution in [2.75, 3.05) is 26.3 Å². The summed E-state index contributed by atoms with van der Waals surface area (Å²) in [6.45, 7) is 3.27. The van der Waals surface area contributed by atoms with Crippen molar-refractivity contribution < 1.29 is 14.3 Å². The molecule has 0 unspecified atom stereocenters. The van der Waals surface area contributed by atoms with Crippen LogP contribution in [0.15, 0.2) is 0 Å². The van der Waals surface area contributed by atoms with Crippen LogP contribution in [-0.4, -0.2) is 55.4 Å². The third-order valence-electron chi connectivity index (χ3n) is 5.36. The van der Waals surface area contributed by atoms with Crippen molar-refractivity contribution in [3.8, 4) is 0 Å². The van der Waals surface area contributed by atoms with Crippen molar-refractivity contribution >= 4 is 5.91 Å². The van der Waals surface area contributed by atoms with Crippen molar-refractivity contribution in [3.05, 3.63) is 0 Å². The van der Waals surface area contributed by atoms with Crippen LogP contribution in [0.2, 0.25) is 0 Å². The Bertz CT molecular complexity index is 363. The van der Waals surface area contributed by atoms with E-state index >= 15 is 0 Å². The molecule has 1 aliphatic carbocycles. The molecule has 0 bridgehead atoms. The summed E-state index contributed by atoms with van der Waals surface area (Å²) in [5.74, 6) is 0.487. The van der Waals surface area contributed by atoms with E-state index in [1.807, 2.05) is 4.90 Å². The van der Waals surface area contributed by atoms with Gasteiger partial charge in [-0.2, -0.15) is 0 Å². The molecule has 0 spiro atoms. The Morgan fingerprint density at radius 1 is 1.14 bits per heavy atom.